The van der Waals surface area contributed by atoms with Crippen LogP contribution in [0.5, 0.6) is 5.75 Å². The quantitative estimate of drug-likeness (QED) is 0.564. The summed E-state index contributed by atoms with van der Waals surface area (Å²) in [5.41, 5.74) is 0. The molecule has 0 bridgehead atoms. The predicted octanol–water partition coefficient (Wildman–Crippen LogP) is 4.06. The van der Waals surface area contributed by atoms with E-state index in [1.165, 1.54) is 30.6 Å². The van der Waals surface area contributed by atoms with E-state index >= 15 is 0 Å². The fourth-order valence-electron chi connectivity index (χ4n) is 1.29. The van der Waals surface area contributed by atoms with Crippen molar-refractivity contribution in [2.24, 2.45) is 0 Å². The van der Waals surface area contributed by atoms with E-state index in [0.717, 1.165) is 5.75 Å². The third-order valence-electron chi connectivity index (χ3n) is 2.08. The Kier molecular flexibility index (Phi) is 5.53. The average Bonchev–Trinajstić information content (AvgIpc) is 2.18. The molecule has 0 aliphatic rings. The second-order valence-corrected chi connectivity index (χ2v) is 4.57. The molecule has 2 heteroatoms. The molecule has 0 aromatic heterocycles. The Morgan fingerprint density at radius 3 is 2.79 bits per heavy atom. The molecule has 0 saturated carbocycles. The maximum absolute atomic E-state index is 9.24. The van der Waals surface area contributed by atoms with Gasteiger partial charge >= 0.3 is 0 Å². The zero-order valence-corrected chi connectivity index (χ0v) is 9.52. The Hall–Kier alpha value is -0.630. The highest BCUT2D eigenvalue weighted by Crippen LogP contribution is 2.23. The highest BCUT2D eigenvalue weighted by Gasteiger charge is 1.95. The summed E-state index contributed by atoms with van der Waals surface area (Å²) >= 11 is 1.83. The van der Waals surface area contributed by atoms with Crippen molar-refractivity contribution in [2.75, 3.05) is 5.75 Å². The van der Waals surface area contributed by atoms with Gasteiger partial charge in [0.15, 0.2) is 0 Å². The van der Waals surface area contributed by atoms with Gasteiger partial charge in [0, 0.05) is 4.90 Å². The monoisotopic (exact) mass is 210 g/mol. The molecule has 0 fully saturated rings. The van der Waals surface area contributed by atoms with Gasteiger partial charge < -0.3 is 5.11 Å². The van der Waals surface area contributed by atoms with E-state index in [9.17, 15) is 5.11 Å². The van der Waals surface area contributed by atoms with Crippen molar-refractivity contribution in [1.82, 2.24) is 0 Å². The SMILES string of the molecule is CCCCCCSc1cccc(O)c1. The first-order valence-corrected chi connectivity index (χ1v) is 6.23. The predicted molar refractivity (Wildman–Crippen MR) is 63.0 cm³/mol. The van der Waals surface area contributed by atoms with Crippen molar-refractivity contribution < 1.29 is 5.11 Å². The lowest BCUT2D eigenvalue weighted by Gasteiger charge is -2.01. The molecule has 0 heterocycles. The van der Waals surface area contributed by atoms with Crippen LogP contribution in [0.4, 0.5) is 0 Å². The van der Waals surface area contributed by atoms with Gasteiger partial charge in [-0.3, -0.25) is 0 Å². The van der Waals surface area contributed by atoms with Crippen molar-refractivity contribution in [3.05, 3.63) is 24.3 Å². The summed E-state index contributed by atoms with van der Waals surface area (Å²) in [4.78, 5) is 1.17. The minimum atomic E-state index is 0.364. The van der Waals surface area contributed by atoms with E-state index in [0.29, 0.717) is 5.75 Å². The van der Waals surface area contributed by atoms with Crippen molar-refractivity contribution in [3.63, 3.8) is 0 Å². The van der Waals surface area contributed by atoms with Crippen LogP contribution in [0.3, 0.4) is 0 Å². The van der Waals surface area contributed by atoms with Crippen LogP contribution in [0, 0.1) is 0 Å². The molecule has 0 atom stereocenters. The lowest BCUT2D eigenvalue weighted by atomic mass is 10.2. The molecule has 1 aromatic carbocycles. The Morgan fingerprint density at radius 1 is 1.21 bits per heavy atom. The average molecular weight is 210 g/mol. The molecule has 0 spiro atoms. The van der Waals surface area contributed by atoms with Crippen LogP contribution in [0.2, 0.25) is 0 Å². The minimum Gasteiger partial charge on any atom is -0.508 e. The van der Waals surface area contributed by atoms with E-state index in [1.54, 1.807) is 6.07 Å². The minimum absolute atomic E-state index is 0.364. The van der Waals surface area contributed by atoms with Crippen molar-refractivity contribution >= 4 is 11.8 Å². The Bertz CT molecular complexity index is 260. The number of thioether (sulfide) groups is 1. The van der Waals surface area contributed by atoms with Gasteiger partial charge in [0.2, 0.25) is 0 Å². The lowest BCUT2D eigenvalue weighted by Crippen LogP contribution is -1.80. The molecule has 1 rings (SSSR count). The molecular weight excluding hydrogens is 192 g/mol. The zero-order chi connectivity index (χ0) is 10.2. The van der Waals surface area contributed by atoms with Gasteiger partial charge in [-0.05, 0) is 30.4 Å². The molecule has 78 valence electrons. The van der Waals surface area contributed by atoms with Gasteiger partial charge in [-0.1, -0.05) is 32.3 Å². The third kappa shape index (κ3) is 4.56. The first-order chi connectivity index (χ1) is 6.83. The largest absolute Gasteiger partial charge is 0.508 e. The van der Waals surface area contributed by atoms with Gasteiger partial charge in [-0.15, -0.1) is 11.8 Å². The van der Waals surface area contributed by atoms with Gasteiger partial charge in [0.05, 0.1) is 0 Å². The molecule has 0 aliphatic heterocycles. The van der Waals surface area contributed by atoms with Crippen LogP contribution < -0.4 is 0 Å². The number of benzene rings is 1. The number of aromatic hydroxyl groups is 1. The van der Waals surface area contributed by atoms with Gasteiger partial charge in [-0.2, -0.15) is 0 Å². The van der Waals surface area contributed by atoms with Crippen LogP contribution in [-0.2, 0) is 0 Å². The molecular formula is C12H18OS. The summed E-state index contributed by atoms with van der Waals surface area (Å²) in [6, 6.07) is 7.47. The van der Waals surface area contributed by atoms with Crippen molar-refractivity contribution in [2.45, 2.75) is 37.5 Å². The second-order valence-electron chi connectivity index (χ2n) is 3.41. The van der Waals surface area contributed by atoms with E-state index in [2.05, 4.69) is 6.92 Å². The summed E-state index contributed by atoms with van der Waals surface area (Å²) in [5.74, 6) is 1.52. The zero-order valence-electron chi connectivity index (χ0n) is 8.70. The van der Waals surface area contributed by atoms with E-state index < -0.39 is 0 Å². The van der Waals surface area contributed by atoms with Crippen molar-refractivity contribution in [3.8, 4) is 5.75 Å². The molecule has 1 aromatic rings. The van der Waals surface area contributed by atoms with E-state index in [1.807, 2.05) is 30.0 Å². The molecule has 1 N–H and O–H groups in total. The molecule has 0 saturated heterocycles. The standard InChI is InChI=1S/C12H18OS/c1-2-3-4-5-9-14-12-8-6-7-11(13)10-12/h6-8,10,13H,2-5,9H2,1H3. The van der Waals surface area contributed by atoms with Crippen molar-refractivity contribution in [1.29, 1.82) is 0 Å². The molecule has 0 unspecified atom stereocenters. The summed E-state index contributed by atoms with van der Waals surface area (Å²) in [6.45, 7) is 2.22. The number of phenols is 1. The maximum Gasteiger partial charge on any atom is 0.116 e. The highest BCUT2D eigenvalue weighted by atomic mass is 32.2. The lowest BCUT2D eigenvalue weighted by molar-refractivity contribution is 0.474. The number of phenolic OH excluding ortho intramolecular Hbond substituents is 1. The molecule has 0 amide bonds. The smallest absolute Gasteiger partial charge is 0.116 e. The summed E-state index contributed by atoms with van der Waals surface area (Å²) in [6.07, 6.45) is 5.22. The van der Waals surface area contributed by atoms with E-state index in [4.69, 9.17) is 0 Å². The summed E-state index contributed by atoms with van der Waals surface area (Å²) < 4.78 is 0. The Labute approximate surface area is 90.5 Å². The van der Waals surface area contributed by atoms with Crippen LogP contribution in [-0.4, -0.2) is 10.9 Å². The number of unbranched alkanes of at least 4 members (excludes halogenated alkanes) is 3. The van der Waals surface area contributed by atoms with E-state index in [-0.39, 0.29) is 0 Å². The first kappa shape index (κ1) is 11.4. The molecule has 0 aliphatic carbocycles. The number of hydrogen-bond acceptors (Lipinski definition) is 2. The number of rotatable bonds is 6. The topological polar surface area (TPSA) is 20.2 Å². The van der Waals surface area contributed by atoms with Crippen LogP contribution >= 0.6 is 11.8 Å². The second kappa shape index (κ2) is 6.77. The number of hydrogen-bond donors (Lipinski definition) is 1. The fraction of sp³-hybridized carbons (Fsp3) is 0.500. The molecule has 0 radical (unpaired) electrons. The third-order valence-corrected chi connectivity index (χ3v) is 3.16. The Morgan fingerprint density at radius 2 is 2.07 bits per heavy atom. The van der Waals surface area contributed by atoms with Crippen LogP contribution in [0.25, 0.3) is 0 Å². The first-order valence-electron chi connectivity index (χ1n) is 5.24. The molecule has 14 heavy (non-hydrogen) atoms. The summed E-state index contributed by atoms with van der Waals surface area (Å²) in [7, 11) is 0. The van der Waals surface area contributed by atoms with Gasteiger partial charge in [0.25, 0.3) is 0 Å². The Balaban J connectivity index is 2.18. The fourth-order valence-corrected chi connectivity index (χ4v) is 2.26. The summed E-state index contributed by atoms with van der Waals surface area (Å²) in [5, 5.41) is 9.24. The normalized spacial score (nSPS) is 10.4. The van der Waals surface area contributed by atoms with Crippen LogP contribution in [0.15, 0.2) is 29.2 Å². The highest BCUT2D eigenvalue weighted by molar-refractivity contribution is 7.99. The van der Waals surface area contributed by atoms with Gasteiger partial charge in [-0.25, -0.2) is 0 Å². The molecule has 1 nitrogen and oxygen atoms in total. The maximum atomic E-state index is 9.24. The van der Waals surface area contributed by atoms with Crippen LogP contribution in [0.1, 0.15) is 32.6 Å². The van der Waals surface area contributed by atoms with Gasteiger partial charge in [0.1, 0.15) is 5.75 Å².